The zero-order chi connectivity index (χ0) is 15.0. The van der Waals surface area contributed by atoms with Crippen LogP contribution in [-0.4, -0.2) is 21.8 Å². The van der Waals surface area contributed by atoms with Crippen molar-refractivity contribution < 1.29 is 0 Å². The second-order valence-corrected chi connectivity index (χ2v) is 6.66. The molecule has 1 unspecified atom stereocenters. The monoisotopic (exact) mass is 324 g/mol. The first-order valence-corrected chi connectivity index (χ1v) is 8.11. The Bertz CT molecular complexity index is 707. The molecule has 5 nitrogen and oxygen atoms in total. The van der Waals surface area contributed by atoms with Gasteiger partial charge in [-0.1, -0.05) is 17.7 Å². The molecule has 1 aromatic carbocycles. The first-order chi connectivity index (χ1) is 10.1. The molecule has 0 radical (unpaired) electrons. The van der Waals surface area contributed by atoms with Gasteiger partial charge >= 0.3 is 5.69 Å². The zero-order valence-electron chi connectivity index (χ0n) is 11.9. The number of rotatable bonds is 5. The standard InChI is InChI=1S/C14H17ClN4OS/c1-8(16-2)11-6-5-10(7-12(11)15)21-14-18-17-13(20)19(14)9-3-4-9/h5-9,16H,3-4H2,1-2H3,(H,17,20). The molecule has 7 heteroatoms. The predicted molar refractivity (Wildman–Crippen MR) is 84.2 cm³/mol. The van der Waals surface area contributed by atoms with E-state index in [-0.39, 0.29) is 11.7 Å². The van der Waals surface area contributed by atoms with Gasteiger partial charge < -0.3 is 5.32 Å². The van der Waals surface area contributed by atoms with E-state index in [1.54, 1.807) is 4.57 Å². The Morgan fingerprint density at radius 3 is 2.90 bits per heavy atom. The Kier molecular flexibility index (Phi) is 4.10. The summed E-state index contributed by atoms with van der Waals surface area (Å²) in [6, 6.07) is 6.45. The highest BCUT2D eigenvalue weighted by Crippen LogP contribution is 2.38. The Labute approximate surface area is 132 Å². The van der Waals surface area contributed by atoms with E-state index >= 15 is 0 Å². The molecule has 1 heterocycles. The van der Waals surface area contributed by atoms with Crippen molar-refractivity contribution in [3.8, 4) is 0 Å². The molecule has 0 amide bonds. The average Bonchev–Trinajstić information content (AvgIpc) is 3.23. The van der Waals surface area contributed by atoms with Crippen molar-refractivity contribution in [1.29, 1.82) is 0 Å². The third kappa shape index (κ3) is 3.02. The highest BCUT2D eigenvalue weighted by molar-refractivity contribution is 7.99. The Balaban J connectivity index is 1.86. The van der Waals surface area contributed by atoms with Crippen molar-refractivity contribution >= 4 is 23.4 Å². The lowest BCUT2D eigenvalue weighted by molar-refractivity contribution is 0.642. The van der Waals surface area contributed by atoms with Crippen molar-refractivity contribution in [1.82, 2.24) is 20.1 Å². The minimum Gasteiger partial charge on any atom is -0.313 e. The topological polar surface area (TPSA) is 62.7 Å². The molecule has 2 N–H and O–H groups in total. The summed E-state index contributed by atoms with van der Waals surface area (Å²) in [5, 5.41) is 11.2. The number of benzene rings is 1. The Morgan fingerprint density at radius 2 is 2.29 bits per heavy atom. The first kappa shape index (κ1) is 14.7. The molecule has 112 valence electrons. The van der Waals surface area contributed by atoms with Crippen LogP contribution in [0.5, 0.6) is 0 Å². The Hall–Kier alpha value is -1.24. The summed E-state index contributed by atoms with van der Waals surface area (Å²) in [6.07, 6.45) is 2.10. The molecule has 1 atom stereocenters. The second-order valence-electron chi connectivity index (χ2n) is 5.21. The van der Waals surface area contributed by atoms with E-state index in [1.165, 1.54) is 11.8 Å². The normalized spacial score (nSPS) is 16.1. The summed E-state index contributed by atoms with van der Waals surface area (Å²) in [7, 11) is 1.90. The quantitative estimate of drug-likeness (QED) is 0.887. The van der Waals surface area contributed by atoms with E-state index in [9.17, 15) is 4.79 Å². The van der Waals surface area contributed by atoms with Gasteiger partial charge in [0.2, 0.25) is 0 Å². The highest BCUT2D eigenvalue weighted by Gasteiger charge is 2.28. The lowest BCUT2D eigenvalue weighted by Gasteiger charge is -2.13. The second kappa shape index (κ2) is 5.87. The molecule has 1 aromatic heterocycles. The van der Waals surface area contributed by atoms with Gasteiger partial charge in [0.15, 0.2) is 5.16 Å². The van der Waals surface area contributed by atoms with E-state index in [1.807, 2.05) is 25.2 Å². The van der Waals surface area contributed by atoms with E-state index in [0.29, 0.717) is 11.2 Å². The maximum absolute atomic E-state index is 11.8. The maximum Gasteiger partial charge on any atom is 0.344 e. The molecule has 1 saturated carbocycles. The van der Waals surface area contributed by atoms with Crippen LogP contribution in [0, 0.1) is 0 Å². The molecule has 21 heavy (non-hydrogen) atoms. The summed E-state index contributed by atoms with van der Waals surface area (Å²) < 4.78 is 1.74. The SMILES string of the molecule is CNC(C)c1ccc(Sc2n[nH]c(=O)n2C2CC2)cc1Cl. The molecule has 3 rings (SSSR count). The highest BCUT2D eigenvalue weighted by atomic mass is 35.5. The van der Waals surface area contributed by atoms with Crippen LogP contribution in [0.3, 0.4) is 0 Å². The van der Waals surface area contributed by atoms with Gasteiger partial charge in [-0.05, 0) is 56.3 Å². The maximum atomic E-state index is 11.8. The molecule has 1 aliphatic carbocycles. The Morgan fingerprint density at radius 1 is 1.52 bits per heavy atom. The molecular weight excluding hydrogens is 308 g/mol. The first-order valence-electron chi connectivity index (χ1n) is 6.91. The summed E-state index contributed by atoms with van der Waals surface area (Å²) in [6.45, 7) is 2.06. The van der Waals surface area contributed by atoms with E-state index < -0.39 is 0 Å². The fourth-order valence-corrected chi connectivity index (χ4v) is 3.55. The fraction of sp³-hybridized carbons (Fsp3) is 0.429. The third-order valence-electron chi connectivity index (χ3n) is 3.66. The van der Waals surface area contributed by atoms with E-state index in [2.05, 4.69) is 22.4 Å². The van der Waals surface area contributed by atoms with Gasteiger partial charge in [-0.25, -0.2) is 9.89 Å². The van der Waals surface area contributed by atoms with Crippen LogP contribution in [-0.2, 0) is 0 Å². The van der Waals surface area contributed by atoms with Crippen LogP contribution in [0.25, 0.3) is 0 Å². The molecule has 1 fully saturated rings. The zero-order valence-corrected chi connectivity index (χ0v) is 13.5. The molecule has 0 aliphatic heterocycles. The lowest BCUT2D eigenvalue weighted by Crippen LogP contribution is -2.16. The number of aromatic amines is 1. The summed E-state index contributed by atoms with van der Waals surface area (Å²) in [5.41, 5.74) is 0.927. The number of aromatic nitrogens is 3. The van der Waals surface area contributed by atoms with Gasteiger partial charge in [0.1, 0.15) is 0 Å². The number of nitrogens with zero attached hydrogens (tertiary/aromatic N) is 2. The number of hydrogen-bond donors (Lipinski definition) is 2. The van der Waals surface area contributed by atoms with E-state index in [0.717, 1.165) is 28.3 Å². The van der Waals surface area contributed by atoms with Crippen molar-refractivity contribution in [3.63, 3.8) is 0 Å². The van der Waals surface area contributed by atoms with Crippen LogP contribution in [0.1, 0.15) is 37.4 Å². The van der Waals surface area contributed by atoms with Gasteiger partial charge in [-0.3, -0.25) is 4.57 Å². The fourth-order valence-electron chi connectivity index (χ4n) is 2.20. The average molecular weight is 325 g/mol. The summed E-state index contributed by atoms with van der Waals surface area (Å²) in [4.78, 5) is 12.7. The van der Waals surface area contributed by atoms with Gasteiger partial charge in [-0.15, -0.1) is 5.10 Å². The van der Waals surface area contributed by atoms with Gasteiger partial charge in [0.25, 0.3) is 0 Å². The van der Waals surface area contributed by atoms with Gasteiger partial charge in [0, 0.05) is 22.0 Å². The molecular formula is C14H17ClN4OS. The van der Waals surface area contributed by atoms with Crippen molar-refractivity contribution in [2.45, 2.75) is 41.9 Å². The third-order valence-corrected chi connectivity index (χ3v) is 4.95. The smallest absolute Gasteiger partial charge is 0.313 e. The van der Waals surface area contributed by atoms with Crippen LogP contribution in [0.2, 0.25) is 5.02 Å². The van der Waals surface area contributed by atoms with Gasteiger partial charge in [-0.2, -0.15) is 0 Å². The number of H-pyrrole nitrogens is 1. The minimum atomic E-state index is -0.133. The van der Waals surface area contributed by atoms with Gasteiger partial charge in [0.05, 0.1) is 0 Å². The molecule has 1 aliphatic rings. The van der Waals surface area contributed by atoms with Crippen molar-refractivity contribution in [3.05, 3.63) is 39.3 Å². The molecule has 0 spiro atoms. The predicted octanol–water partition coefficient (Wildman–Crippen LogP) is 2.99. The number of hydrogen-bond acceptors (Lipinski definition) is 4. The van der Waals surface area contributed by atoms with Crippen molar-refractivity contribution in [2.24, 2.45) is 0 Å². The van der Waals surface area contributed by atoms with Crippen LogP contribution in [0.15, 0.2) is 33.0 Å². The minimum absolute atomic E-state index is 0.133. The van der Waals surface area contributed by atoms with Crippen LogP contribution < -0.4 is 11.0 Å². The van der Waals surface area contributed by atoms with Crippen LogP contribution in [0.4, 0.5) is 0 Å². The number of nitrogens with one attached hydrogen (secondary N) is 2. The largest absolute Gasteiger partial charge is 0.344 e. The molecule has 0 saturated heterocycles. The summed E-state index contributed by atoms with van der Waals surface area (Å²) in [5.74, 6) is 0. The van der Waals surface area contributed by atoms with Crippen molar-refractivity contribution in [2.75, 3.05) is 7.05 Å². The summed E-state index contributed by atoms with van der Waals surface area (Å²) >= 11 is 7.80. The lowest BCUT2D eigenvalue weighted by atomic mass is 10.1. The number of halogens is 1. The van der Waals surface area contributed by atoms with E-state index in [4.69, 9.17) is 11.6 Å². The molecule has 2 aromatic rings. The molecule has 0 bridgehead atoms. The van der Waals surface area contributed by atoms with Crippen LogP contribution >= 0.6 is 23.4 Å².